The number of rotatable bonds is 7. The van der Waals surface area contributed by atoms with Crippen LogP contribution in [0.25, 0.3) is 0 Å². The topological polar surface area (TPSA) is 60.5 Å². The summed E-state index contributed by atoms with van der Waals surface area (Å²) in [5.41, 5.74) is 4.21. The number of benzene rings is 2. The maximum atomic E-state index is 12.2. The summed E-state index contributed by atoms with van der Waals surface area (Å²) in [6.07, 6.45) is 0. The molecule has 0 unspecified atom stereocenters. The second-order valence-corrected chi connectivity index (χ2v) is 6.09. The first-order valence-corrected chi connectivity index (χ1v) is 8.74. The molecule has 0 bridgehead atoms. The Morgan fingerprint density at radius 3 is 2.60 bits per heavy atom. The summed E-state index contributed by atoms with van der Waals surface area (Å²) in [5.74, 6) is 1.05. The van der Waals surface area contributed by atoms with Crippen molar-refractivity contribution in [1.29, 1.82) is 0 Å². The molecule has 1 N–H and O–H groups in total. The highest BCUT2D eigenvalue weighted by molar-refractivity contribution is 7.07. The summed E-state index contributed by atoms with van der Waals surface area (Å²) in [7, 11) is 0. The third kappa shape index (κ3) is 4.81. The van der Waals surface area contributed by atoms with Gasteiger partial charge in [0.25, 0.3) is 5.91 Å². The molecule has 0 atom stereocenters. The minimum atomic E-state index is -0.243. The minimum Gasteiger partial charge on any atom is -0.485 e. The van der Waals surface area contributed by atoms with Gasteiger partial charge in [0.1, 0.15) is 18.1 Å². The molecule has 0 radical (unpaired) electrons. The van der Waals surface area contributed by atoms with Gasteiger partial charge < -0.3 is 14.8 Å². The van der Waals surface area contributed by atoms with Gasteiger partial charge in [-0.1, -0.05) is 30.3 Å². The largest absolute Gasteiger partial charge is 0.485 e. The normalized spacial score (nSPS) is 10.3. The Labute approximate surface area is 150 Å². The number of hydrogen-bond acceptors (Lipinski definition) is 5. The average molecular weight is 354 g/mol. The van der Waals surface area contributed by atoms with Crippen molar-refractivity contribution in [3.8, 4) is 11.5 Å². The number of carbonyl (C=O) groups excluding carboxylic acids is 1. The van der Waals surface area contributed by atoms with Gasteiger partial charge in [-0.15, -0.1) is 11.3 Å². The Bertz CT molecular complexity index is 834. The van der Waals surface area contributed by atoms with E-state index in [-0.39, 0.29) is 12.5 Å². The lowest BCUT2D eigenvalue weighted by atomic mass is 10.2. The summed E-state index contributed by atoms with van der Waals surface area (Å²) < 4.78 is 11.3. The number of thiazole rings is 1. The monoisotopic (exact) mass is 354 g/mol. The zero-order valence-corrected chi connectivity index (χ0v) is 14.6. The second-order valence-electron chi connectivity index (χ2n) is 5.37. The van der Waals surface area contributed by atoms with E-state index >= 15 is 0 Å². The molecule has 3 aromatic rings. The number of nitrogens with one attached hydrogen (secondary N) is 1. The number of carbonyl (C=O) groups is 1. The SMILES string of the molecule is Cc1ccccc1OCC(=O)Nc1ccccc1OCc1cscn1. The van der Waals surface area contributed by atoms with E-state index in [0.717, 1.165) is 11.3 Å². The number of nitrogens with zero attached hydrogens (tertiary/aromatic N) is 1. The van der Waals surface area contributed by atoms with Crippen molar-refractivity contribution < 1.29 is 14.3 Å². The number of aryl methyl sites for hydroxylation is 1. The van der Waals surface area contributed by atoms with Crippen LogP contribution in [0.4, 0.5) is 5.69 Å². The van der Waals surface area contributed by atoms with E-state index in [2.05, 4.69) is 10.3 Å². The smallest absolute Gasteiger partial charge is 0.262 e. The molecule has 0 aliphatic carbocycles. The number of hydrogen-bond donors (Lipinski definition) is 1. The highest BCUT2D eigenvalue weighted by Crippen LogP contribution is 2.25. The predicted octanol–water partition coefficient (Wildman–Crippen LogP) is 4.05. The molecule has 1 heterocycles. The van der Waals surface area contributed by atoms with Crippen LogP contribution in [0.5, 0.6) is 11.5 Å². The van der Waals surface area contributed by atoms with Crippen LogP contribution in [0, 0.1) is 6.92 Å². The molecule has 1 aromatic heterocycles. The molecule has 0 spiro atoms. The van der Waals surface area contributed by atoms with Gasteiger partial charge >= 0.3 is 0 Å². The maximum absolute atomic E-state index is 12.2. The molecular formula is C19H18N2O3S. The number of anilines is 1. The Hall–Kier alpha value is -2.86. The standard InChI is InChI=1S/C19H18N2O3S/c1-14-6-2-4-8-17(14)24-11-19(22)21-16-7-3-5-9-18(16)23-10-15-12-25-13-20-15/h2-9,12-13H,10-11H2,1H3,(H,21,22). The van der Waals surface area contributed by atoms with Crippen LogP contribution in [0.1, 0.15) is 11.3 Å². The van der Waals surface area contributed by atoms with E-state index in [0.29, 0.717) is 23.8 Å². The highest BCUT2D eigenvalue weighted by Gasteiger charge is 2.09. The van der Waals surface area contributed by atoms with E-state index in [1.165, 1.54) is 11.3 Å². The zero-order valence-electron chi connectivity index (χ0n) is 13.8. The summed E-state index contributed by atoms with van der Waals surface area (Å²) >= 11 is 1.52. The second kappa shape index (κ2) is 8.30. The van der Waals surface area contributed by atoms with Gasteiger partial charge in [-0.05, 0) is 30.7 Å². The molecule has 0 aliphatic heterocycles. The molecule has 6 heteroatoms. The van der Waals surface area contributed by atoms with Crippen LogP contribution in [-0.4, -0.2) is 17.5 Å². The summed E-state index contributed by atoms with van der Waals surface area (Å²) in [6, 6.07) is 14.9. The summed E-state index contributed by atoms with van der Waals surface area (Å²) in [6.45, 7) is 2.23. The first-order chi connectivity index (χ1) is 12.2. The Balaban J connectivity index is 1.58. The van der Waals surface area contributed by atoms with Gasteiger partial charge in [0.15, 0.2) is 6.61 Å². The summed E-state index contributed by atoms with van der Waals surface area (Å²) in [5, 5.41) is 4.75. The van der Waals surface area contributed by atoms with Crippen LogP contribution < -0.4 is 14.8 Å². The Morgan fingerprint density at radius 2 is 1.84 bits per heavy atom. The molecule has 2 aromatic carbocycles. The van der Waals surface area contributed by atoms with E-state index in [1.807, 2.05) is 54.8 Å². The first kappa shape index (κ1) is 17.0. The fourth-order valence-electron chi connectivity index (χ4n) is 2.20. The van der Waals surface area contributed by atoms with Gasteiger partial charge in [0.05, 0.1) is 16.9 Å². The highest BCUT2D eigenvalue weighted by atomic mass is 32.1. The van der Waals surface area contributed by atoms with Gasteiger partial charge in [-0.3, -0.25) is 4.79 Å². The minimum absolute atomic E-state index is 0.0642. The fourth-order valence-corrected chi connectivity index (χ4v) is 2.75. The van der Waals surface area contributed by atoms with Crippen molar-refractivity contribution in [2.24, 2.45) is 0 Å². The Kier molecular flexibility index (Phi) is 5.64. The number of para-hydroxylation sites is 3. The third-order valence-corrected chi connectivity index (χ3v) is 4.11. The number of ether oxygens (including phenoxy) is 2. The molecule has 5 nitrogen and oxygen atoms in total. The van der Waals surface area contributed by atoms with Crippen molar-refractivity contribution >= 4 is 22.9 Å². The van der Waals surface area contributed by atoms with Gasteiger partial charge in [0, 0.05) is 5.38 Å². The van der Waals surface area contributed by atoms with Crippen molar-refractivity contribution in [1.82, 2.24) is 4.98 Å². The molecule has 128 valence electrons. The lowest BCUT2D eigenvalue weighted by Crippen LogP contribution is -2.20. The van der Waals surface area contributed by atoms with Crippen LogP contribution in [0.2, 0.25) is 0 Å². The Morgan fingerprint density at radius 1 is 1.08 bits per heavy atom. The van der Waals surface area contributed by atoms with E-state index < -0.39 is 0 Å². The molecule has 3 rings (SSSR count). The van der Waals surface area contributed by atoms with Crippen LogP contribution in [0.15, 0.2) is 59.4 Å². The summed E-state index contributed by atoms with van der Waals surface area (Å²) in [4.78, 5) is 16.4. The van der Waals surface area contributed by atoms with Gasteiger partial charge in [-0.2, -0.15) is 0 Å². The number of aromatic nitrogens is 1. The zero-order chi connectivity index (χ0) is 17.5. The predicted molar refractivity (Wildman–Crippen MR) is 98.2 cm³/mol. The van der Waals surface area contributed by atoms with Crippen molar-refractivity contribution in [2.75, 3.05) is 11.9 Å². The quantitative estimate of drug-likeness (QED) is 0.695. The average Bonchev–Trinajstić information content (AvgIpc) is 3.14. The first-order valence-electron chi connectivity index (χ1n) is 7.79. The molecule has 0 saturated heterocycles. The lowest BCUT2D eigenvalue weighted by Gasteiger charge is -2.13. The number of amides is 1. The molecule has 0 fully saturated rings. The fraction of sp³-hybridized carbons (Fsp3) is 0.158. The molecule has 25 heavy (non-hydrogen) atoms. The van der Waals surface area contributed by atoms with Gasteiger partial charge in [-0.25, -0.2) is 4.98 Å². The lowest BCUT2D eigenvalue weighted by molar-refractivity contribution is -0.118. The van der Waals surface area contributed by atoms with E-state index in [9.17, 15) is 4.79 Å². The van der Waals surface area contributed by atoms with Gasteiger partial charge in [0.2, 0.25) is 0 Å². The van der Waals surface area contributed by atoms with Crippen LogP contribution in [0.3, 0.4) is 0 Å². The maximum Gasteiger partial charge on any atom is 0.262 e. The molecular weight excluding hydrogens is 336 g/mol. The van der Waals surface area contributed by atoms with Crippen LogP contribution >= 0.6 is 11.3 Å². The molecule has 0 aliphatic rings. The molecule has 1 amide bonds. The van der Waals surface area contributed by atoms with Crippen molar-refractivity contribution in [2.45, 2.75) is 13.5 Å². The van der Waals surface area contributed by atoms with Crippen molar-refractivity contribution in [3.63, 3.8) is 0 Å². The van der Waals surface area contributed by atoms with E-state index in [1.54, 1.807) is 11.6 Å². The van der Waals surface area contributed by atoms with E-state index in [4.69, 9.17) is 9.47 Å². The molecule has 0 saturated carbocycles. The van der Waals surface area contributed by atoms with Crippen molar-refractivity contribution in [3.05, 3.63) is 70.7 Å². The third-order valence-electron chi connectivity index (χ3n) is 3.47. The van der Waals surface area contributed by atoms with Crippen LogP contribution in [-0.2, 0) is 11.4 Å².